The lowest BCUT2D eigenvalue weighted by molar-refractivity contribution is 0.0986. The summed E-state index contributed by atoms with van der Waals surface area (Å²) in [5, 5.41) is 10.3. The number of hydrogen-bond donors (Lipinski definition) is 1. The van der Waals surface area contributed by atoms with Crippen molar-refractivity contribution < 1.29 is 5.11 Å². The highest BCUT2D eigenvalue weighted by atomic mass is 16.3. The fourth-order valence-electron chi connectivity index (χ4n) is 3.00. The van der Waals surface area contributed by atoms with Crippen molar-refractivity contribution in [3.8, 4) is 5.82 Å². The summed E-state index contributed by atoms with van der Waals surface area (Å²) >= 11 is 0. The van der Waals surface area contributed by atoms with Crippen LogP contribution in [0.4, 0.5) is 0 Å². The number of rotatable bonds is 1. The number of fused-ring (bicyclic) bond motifs is 1. The minimum absolute atomic E-state index is 0.131. The van der Waals surface area contributed by atoms with Gasteiger partial charge >= 0.3 is 0 Å². The van der Waals surface area contributed by atoms with Gasteiger partial charge in [0.25, 0.3) is 0 Å². The molecular formula is C16H20N2O. The maximum atomic E-state index is 10.3. The van der Waals surface area contributed by atoms with Gasteiger partial charge in [-0.3, -0.25) is 0 Å². The average Bonchev–Trinajstić information content (AvgIpc) is 2.71. The van der Waals surface area contributed by atoms with Gasteiger partial charge in [0.05, 0.1) is 6.10 Å². The van der Waals surface area contributed by atoms with Gasteiger partial charge < -0.3 is 9.67 Å². The highest BCUT2D eigenvalue weighted by Gasteiger charge is 2.33. The fourth-order valence-corrected chi connectivity index (χ4v) is 3.00. The highest BCUT2D eigenvalue weighted by Crippen LogP contribution is 2.41. The third-order valence-corrected chi connectivity index (χ3v) is 3.93. The molecule has 0 saturated carbocycles. The van der Waals surface area contributed by atoms with Crippen molar-refractivity contribution in [3.05, 3.63) is 47.4 Å². The van der Waals surface area contributed by atoms with Gasteiger partial charge in [0.2, 0.25) is 0 Å². The highest BCUT2D eigenvalue weighted by molar-refractivity contribution is 5.38. The van der Waals surface area contributed by atoms with Crippen molar-refractivity contribution in [3.63, 3.8) is 0 Å². The van der Waals surface area contributed by atoms with E-state index in [9.17, 15) is 5.11 Å². The van der Waals surface area contributed by atoms with Crippen LogP contribution < -0.4 is 0 Å². The quantitative estimate of drug-likeness (QED) is 0.851. The Bertz CT molecular complexity index is 613. The lowest BCUT2D eigenvalue weighted by Crippen LogP contribution is -2.26. The van der Waals surface area contributed by atoms with Crippen LogP contribution in [0.25, 0.3) is 5.82 Å². The molecular weight excluding hydrogens is 236 g/mol. The predicted molar refractivity (Wildman–Crippen MR) is 75.4 cm³/mol. The monoisotopic (exact) mass is 256 g/mol. The average molecular weight is 256 g/mol. The van der Waals surface area contributed by atoms with Gasteiger partial charge in [-0.25, -0.2) is 4.98 Å². The molecule has 1 atom stereocenters. The van der Waals surface area contributed by atoms with Gasteiger partial charge in [-0.2, -0.15) is 0 Å². The van der Waals surface area contributed by atoms with E-state index in [4.69, 9.17) is 0 Å². The second-order valence-corrected chi connectivity index (χ2v) is 6.34. The molecule has 3 heteroatoms. The number of aryl methyl sites for hydroxylation is 1. The normalized spacial score (nSPS) is 21.2. The van der Waals surface area contributed by atoms with Gasteiger partial charge in [0, 0.05) is 23.7 Å². The van der Waals surface area contributed by atoms with Crippen molar-refractivity contribution in [2.75, 3.05) is 0 Å². The van der Waals surface area contributed by atoms with Crippen molar-refractivity contribution in [2.45, 2.75) is 39.7 Å². The van der Waals surface area contributed by atoms with Gasteiger partial charge in [0.1, 0.15) is 5.82 Å². The first kappa shape index (κ1) is 12.4. The molecule has 100 valence electrons. The third-order valence-electron chi connectivity index (χ3n) is 3.93. The molecule has 2 heterocycles. The van der Waals surface area contributed by atoms with Crippen molar-refractivity contribution >= 4 is 0 Å². The van der Waals surface area contributed by atoms with Crippen molar-refractivity contribution in [2.24, 2.45) is 5.41 Å². The molecule has 2 aromatic heterocycles. The van der Waals surface area contributed by atoms with E-state index >= 15 is 0 Å². The van der Waals surface area contributed by atoms with Crippen molar-refractivity contribution in [1.82, 2.24) is 9.55 Å². The van der Waals surface area contributed by atoms with Crippen LogP contribution in [0.2, 0.25) is 0 Å². The Morgan fingerprint density at radius 2 is 2.16 bits per heavy atom. The molecule has 1 aliphatic carbocycles. The van der Waals surface area contributed by atoms with E-state index < -0.39 is 0 Å². The number of hydrogen-bond acceptors (Lipinski definition) is 2. The van der Waals surface area contributed by atoms with E-state index in [-0.39, 0.29) is 11.5 Å². The van der Waals surface area contributed by atoms with Gasteiger partial charge in [-0.05, 0) is 48.9 Å². The summed E-state index contributed by atoms with van der Waals surface area (Å²) in [7, 11) is 0. The number of pyridine rings is 1. The van der Waals surface area contributed by atoms with E-state index in [0.29, 0.717) is 0 Å². The summed E-state index contributed by atoms with van der Waals surface area (Å²) in [5.74, 6) is 0.936. The molecule has 0 aliphatic heterocycles. The Balaban J connectivity index is 2.11. The second-order valence-electron chi connectivity index (χ2n) is 6.34. The molecule has 0 amide bonds. The Labute approximate surface area is 113 Å². The number of aliphatic hydroxyl groups excluding tert-OH is 1. The first-order valence-corrected chi connectivity index (χ1v) is 6.77. The molecule has 2 aromatic rings. The summed E-state index contributed by atoms with van der Waals surface area (Å²) in [6.45, 7) is 6.49. The van der Waals surface area contributed by atoms with Crippen molar-refractivity contribution in [1.29, 1.82) is 0 Å². The lowest BCUT2D eigenvalue weighted by atomic mass is 9.75. The van der Waals surface area contributed by atoms with Crippen LogP contribution in [0.5, 0.6) is 0 Å². The molecule has 0 spiro atoms. The molecule has 0 aromatic carbocycles. The SMILES string of the molecule is Cc1ccnc(-n2ccc3c2CC(C)(C)CC3O)c1. The minimum Gasteiger partial charge on any atom is -0.388 e. The largest absolute Gasteiger partial charge is 0.388 e. The van der Waals surface area contributed by atoms with E-state index in [1.165, 1.54) is 11.3 Å². The molecule has 1 aliphatic rings. The lowest BCUT2D eigenvalue weighted by Gasteiger charge is -2.33. The minimum atomic E-state index is -0.357. The number of aliphatic hydroxyl groups is 1. The molecule has 3 rings (SSSR count). The molecule has 1 unspecified atom stereocenters. The van der Waals surface area contributed by atoms with Crippen LogP contribution in [0.1, 0.15) is 43.2 Å². The van der Waals surface area contributed by atoms with E-state index in [1.54, 1.807) is 0 Å². The molecule has 0 saturated heterocycles. The summed E-state index contributed by atoms with van der Waals surface area (Å²) in [6.07, 6.45) is 5.30. The maximum Gasteiger partial charge on any atom is 0.137 e. The molecule has 0 bridgehead atoms. The molecule has 0 radical (unpaired) electrons. The third kappa shape index (κ3) is 2.19. The summed E-state index contributed by atoms with van der Waals surface area (Å²) in [6, 6.07) is 6.10. The van der Waals surface area contributed by atoms with Crippen LogP contribution in [0.3, 0.4) is 0 Å². The zero-order valence-corrected chi connectivity index (χ0v) is 11.7. The zero-order valence-electron chi connectivity index (χ0n) is 11.7. The van der Waals surface area contributed by atoms with E-state index in [0.717, 1.165) is 24.2 Å². The van der Waals surface area contributed by atoms with E-state index in [2.05, 4.69) is 36.4 Å². The summed E-state index contributed by atoms with van der Waals surface area (Å²) in [4.78, 5) is 4.44. The Kier molecular flexibility index (Phi) is 2.75. The second kappa shape index (κ2) is 4.20. The van der Waals surface area contributed by atoms with Crippen LogP contribution in [0.15, 0.2) is 30.6 Å². The molecule has 19 heavy (non-hydrogen) atoms. The molecule has 0 fully saturated rings. The van der Waals surface area contributed by atoms with Crippen LogP contribution in [-0.2, 0) is 6.42 Å². The van der Waals surface area contributed by atoms with Crippen LogP contribution in [-0.4, -0.2) is 14.7 Å². The first-order chi connectivity index (χ1) is 8.96. The van der Waals surface area contributed by atoms with Gasteiger partial charge in [0.15, 0.2) is 0 Å². The maximum absolute atomic E-state index is 10.3. The zero-order chi connectivity index (χ0) is 13.6. The van der Waals surface area contributed by atoms with Gasteiger partial charge in [-0.1, -0.05) is 13.8 Å². The molecule has 3 nitrogen and oxygen atoms in total. The summed E-state index contributed by atoms with van der Waals surface area (Å²) < 4.78 is 2.12. The summed E-state index contributed by atoms with van der Waals surface area (Å²) in [5.41, 5.74) is 3.58. The molecule has 1 N–H and O–H groups in total. The number of nitrogens with zero attached hydrogens (tertiary/aromatic N) is 2. The topological polar surface area (TPSA) is 38.0 Å². The Morgan fingerprint density at radius 3 is 2.89 bits per heavy atom. The Morgan fingerprint density at radius 1 is 1.37 bits per heavy atom. The predicted octanol–water partition coefficient (Wildman–Crippen LogP) is 3.19. The number of aromatic nitrogens is 2. The fraction of sp³-hybridized carbons (Fsp3) is 0.438. The van der Waals surface area contributed by atoms with Gasteiger partial charge in [-0.15, -0.1) is 0 Å². The van der Waals surface area contributed by atoms with Crippen LogP contribution in [0, 0.1) is 12.3 Å². The Hall–Kier alpha value is -1.61. The van der Waals surface area contributed by atoms with Crippen LogP contribution >= 0.6 is 0 Å². The standard InChI is InChI=1S/C16H20N2O/c1-11-4-6-17-15(8-11)18-7-5-12-13(18)9-16(2,3)10-14(12)19/h4-8,14,19H,9-10H2,1-3H3. The smallest absolute Gasteiger partial charge is 0.137 e. The van der Waals surface area contributed by atoms with E-state index in [1.807, 2.05) is 24.5 Å². The first-order valence-electron chi connectivity index (χ1n) is 6.77.